The number of aryl methyl sites for hydroxylation is 1. The van der Waals surface area contributed by atoms with Crippen LogP contribution in [0.25, 0.3) is 5.65 Å². The molecule has 4 rings (SSSR count). The highest BCUT2D eigenvalue weighted by Crippen LogP contribution is 2.26. The molecule has 0 bridgehead atoms. The van der Waals surface area contributed by atoms with Crippen LogP contribution in [-0.2, 0) is 0 Å². The first-order valence-corrected chi connectivity index (χ1v) is 8.21. The number of hydrogen-bond donors (Lipinski definition) is 0. The molecule has 20 heavy (non-hydrogen) atoms. The Morgan fingerprint density at radius 1 is 1.20 bits per heavy atom. The summed E-state index contributed by atoms with van der Waals surface area (Å²) in [5.41, 5.74) is 0.873. The van der Waals surface area contributed by atoms with Crippen LogP contribution in [-0.4, -0.2) is 68.2 Å². The van der Waals surface area contributed by atoms with Gasteiger partial charge in [-0.1, -0.05) is 0 Å². The molecule has 0 aromatic carbocycles. The van der Waals surface area contributed by atoms with E-state index < -0.39 is 0 Å². The third-order valence-electron chi connectivity index (χ3n) is 4.20. The predicted octanol–water partition coefficient (Wildman–Crippen LogP) is 0.670. The van der Waals surface area contributed by atoms with E-state index in [1.807, 2.05) is 23.7 Å². The van der Waals surface area contributed by atoms with Crippen LogP contribution in [0.4, 0.5) is 5.82 Å². The lowest BCUT2D eigenvalue weighted by Crippen LogP contribution is -2.61. The first kappa shape index (κ1) is 12.4. The third-order valence-corrected chi connectivity index (χ3v) is 5.15. The molecule has 4 heterocycles. The first-order chi connectivity index (χ1) is 9.83. The van der Waals surface area contributed by atoms with E-state index in [2.05, 4.69) is 36.7 Å². The summed E-state index contributed by atoms with van der Waals surface area (Å²) in [4.78, 5) is 9.43. The van der Waals surface area contributed by atoms with Crippen molar-refractivity contribution in [1.82, 2.24) is 24.5 Å². The summed E-state index contributed by atoms with van der Waals surface area (Å²) >= 11 is 2.06. The molecule has 0 amide bonds. The van der Waals surface area contributed by atoms with Gasteiger partial charge in [-0.25, -0.2) is 4.98 Å². The fourth-order valence-corrected chi connectivity index (χ4v) is 3.88. The van der Waals surface area contributed by atoms with Crippen molar-refractivity contribution in [2.75, 3.05) is 42.6 Å². The number of nitrogens with zero attached hydrogens (tertiary/aromatic N) is 6. The minimum Gasteiger partial charge on any atom is -0.350 e. The largest absolute Gasteiger partial charge is 0.350 e. The van der Waals surface area contributed by atoms with Gasteiger partial charge < -0.3 is 4.90 Å². The smallest absolute Gasteiger partial charge is 0.203 e. The van der Waals surface area contributed by atoms with Crippen molar-refractivity contribution >= 4 is 23.2 Å². The van der Waals surface area contributed by atoms with Crippen LogP contribution in [0, 0.1) is 6.92 Å². The van der Waals surface area contributed by atoms with Gasteiger partial charge in [0.1, 0.15) is 5.82 Å². The molecule has 2 aliphatic rings. The summed E-state index contributed by atoms with van der Waals surface area (Å²) < 4.78 is 2.01. The van der Waals surface area contributed by atoms with Gasteiger partial charge in [0.15, 0.2) is 5.82 Å². The highest BCUT2D eigenvalue weighted by atomic mass is 32.2. The Labute approximate surface area is 122 Å². The topological polar surface area (TPSA) is 49.6 Å². The van der Waals surface area contributed by atoms with Crippen molar-refractivity contribution in [3.05, 3.63) is 18.2 Å². The Hall–Kier alpha value is -1.34. The number of rotatable bonds is 2. The van der Waals surface area contributed by atoms with Crippen molar-refractivity contribution in [2.24, 2.45) is 0 Å². The molecule has 0 N–H and O–H groups in total. The molecule has 7 heteroatoms. The molecule has 2 aromatic heterocycles. The summed E-state index contributed by atoms with van der Waals surface area (Å²) in [6.07, 6.45) is 3.76. The van der Waals surface area contributed by atoms with E-state index in [-0.39, 0.29) is 0 Å². The van der Waals surface area contributed by atoms with Crippen LogP contribution in [0.1, 0.15) is 5.82 Å². The Morgan fingerprint density at radius 3 is 2.80 bits per heavy atom. The lowest BCUT2D eigenvalue weighted by molar-refractivity contribution is 0.182. The van der Waals surface area contributed by atoms with E-state index in [0.717, 1.165) is 30.4 Å². The Bertz CT molecular complexity index is 614. The molecule has 106 valence electrons. The fraction of sp³-hybridized carbons (Fsp3) is 0.615. The quantitative estimate of drug-likeness (QED) is 0.810. The van der Waals surface area contributed by atoms with Gasteiger partial charge in [-0.3, -0.25) is 9.30 Å². The Balaban J connectivity index is 1.51. The van der Waals surface area contributed by atoms with Crippen LogP contribution >= 0.6 is 11.8 Å². The average Bonchev–Trinajstić information content (AvgIpc) is 2.81. The monoisotopic (exact) mass is 290 g/mol. The summed E-state index contributed by atoms with van der Waals surface area (Å²) in [7, 11) is 0. The van der Waals surface area contributed by atoms with Gasteiger partial charge in [-0.2, -0.15) is 11.8 Å². The summed E-state index contributed by atoms with van der Waals surface area (Å²) in [5.74, 6) is 4.42. The number of thioether (sulfide) groups is 1. The molecule has 2 fully saturated rings. The van der Waals surface area contributed by atoms with Crippen molar-refractivity contribution in [1.29, 1.82) is 0 Å². The second-order valence-electron chi connectivity index (χ2n) is 5.40. The van der Waals surface area contributed by atoms with E-state index >= 15 is 0 Å². The number of aromatic nitrogens is 4. The van der Waals surface area contributed by atoms with Gasteiger partial charge in [0.05, 0.1) is 0 Å². The maximum Gasteiger partial charge on any atom is 0.203 e. The van der Waals surface area contributed by atoms with Crippen molar-refractivity contribution in [3.8, 4) is 0 Å². The normalized spacial score (nSPS) is 21.4. The minimum absolute atomic E-state index is 0.682. The molecule has 2 saturated heterocycles. The zero-order valence-electron chi connectivity index (χ0n) is 11.6. The Morgan fingerprint density at radius 2 is 2.00 bits per heavy atom. The van der Waals surface area contributed by atoms with Gasteiger partial charge in [0.25, 0.3) is 0 Å². The molecule has 0 radical (unpaired) electrons. The summed E-state index contributed by atoms with van der Waals surface area (Å²) in [6, 6.07) is 0.682. The molecule has 0 atom stereocenters. The number of fused-ring (bicyclic) bond motifs is 1. The molecule has 0 saturated carbocycles. The van der Waals surface area contributed by atoms with E-state index in [1.165, 1.54) is 24.6 Å². The van der Waals surface area contributed by atoms with Gasteiger partial charge in [-0.05, 0) is 6.92 Å². The lowest BCUT2D eigenvalue weighted by Gasteiger charge is -2.47. The van der Waals surface area contributed by atoms with E-state index in [1.54, 1.807) is 0 Å². The molecule has 2 aliphatic heterocycles. The summed E-state index contributed by atoms with van der Waals surface area (Å²) in [6.45, 7) is 6.54. The zero-order chi connectivity index (χ0) is 13.5. The van der Waals surface area contributed by atoms with Gasteiger partial charge >= 0.3 is 0 Å². The minimum atomic E-state index is 0.682. The van der Waals surface area contributed by atoms with E-state index in [0.29, 0.717) is 6.04 Å². The molecule has 0 aliphatic carbocycles. The van der Waals surface area contributed by atoms with Gasteiger partial charge in [0.2, 0.25) is 5.65 Å². The average molecular weight is 290 g/mol. The molecule has 0 spiro atoms. The molecule has 2 aromatic rings. The predicted molar refractivity (Wildman–Crippen MR) is 80.4 cm³/mol. The molecular weight excluding hydrogens is 272 g/mol. The second kappa shape index (κ2) is 4.89. The van der Waals surface area contributed by atoms with Crippen molar-refractivity contribution in [3.63, 3.8) is 0 Å². The van der Waals surface area contributed by atoms with Crippen LogP contribution < -0.4 is 4.90 Å². The summed E-state index contributed by atoms with van der Waals surface area (Å²) in [5, 5.41) is 8.39. The molecular formula is C13H18N6S. The van der Waals surface area contributed by atoms with Gasteiger partial charge in [0, 0.05) is 56.1 Å². The molecule has 6 nitrogen and oxygen atoms in total. The van der Waals surface area contributed by atoms with E-state index in [9.17, 15) is 0 Å². The SMILES string of the molecule is Cc1nnc2c(N3CC(N4CCSCC4)C3)nccn12. The fourth-order valence-electron chi connectivity index (χ4n) is 2.95. The van der Waals surface area contributed by atoms with Crippen molar-refractivity contribution in [2.45, 2.75) is 13.0 Å². The van der Waals surface area contributed by atoms with Gasteiger partial charge in [-0.15, -0.1) is 10.2 Å². The number of hydrogen-bond acceptors (Lipinski definition) is 6. The second-order valence-corrected chi connectivity index (χ2v) is 6.62. The highest BCUT2D eigenvalue weighted by Gasteiger charge is 2.34. The lowest BCUT2D eigenvalue weighted by atomic mass is 10.1. The third kappa shape index (κ3) is 1.96. The highest BCUT2D eigenvalue weighted by molar-refractivity contribution is 7.99. The maximum absolute atomic E-state index is 4.50. The van der Waals surface area contributed by atoms with Crippen LogP contribution in [0.5, 0.6) is 0 Å². The zero-order valence-corrected chi connectivity index (χ0v) is 12.4. The maximum atomic E-state index is 4.50. The first-order valence-electron chi connectivity index (χ1n) is 7.06. The standard InChI is InChI=1S/C13H18N6S/c1-10-15-16-13-12(14-2-3-19(10)13)18-8-11(9-18)17-4-6-20-7-5-17/h2-3,11H,4-9H2,1H3. The Kier molecular flexibility index (Phi) is 3.03. The number of anilines is 1. The molecule has 0 unspecified atom stereocenters. The van der Waals surface area contributed by atoms with E-state index in [4.69, 9.17) is 0 Å². The van der Waals surface area contributed by atoms with Crippen LogP contribution in [0.3, 0.4) is 0 Å². The van der Waals surface area contributed by atoms with Crippen molar-refractivity contribution < 1.29 is 0 Å². The van der Waals surface area contributed by atoms with Crippen LogP contribution in [0.15, 0.2) is 12.4 Å². The van der Waals surface area contributed by atoms with Crippen LogP contribution in [0.2, 0.25) is 0 Å².